The van der Waals surface area contributed by atoms with E-state index >= 15 is 0 Å². The van der Waals surface area contributed by atoms with Crippen molar-refractivity contribution in [2.24, 2.45) is 16.8 Å². The van der Waals surface area contributed by atoms with E-state index in [0.717, 1.165) is 23.5 Å². The number of thioether (sulfide) groups is 1. The van der Waals surface area contributed by atoms with Gasteiger partial charge in [0.1, 0.15) is 0 Å². The topological polar surface area (TPSA) is 24.4 Å². The van der Waals surface area contributed by atoms with Gasteiger partial charge in [-0.1, -0.05) is 55.9 Å². The highest BCUT2D eigenvalue weighted by atomic mass is 32.2. The average molecular weight is 274 g/mol. The number of nitrogens with zero attached hydrogens (tertiary/aromatic N) is 1. The molecule has 1 saturated carbocycles. The Morgan fingerprint density at radius 3 is 2.63 bits per heavy atom. The molecule has 3 heteroatoms. The minimum Gasteiger partial charge on any atom is -0.362 e. The van der Waals surface area contributed by atoms with Crippen molar-refractivity contribution < 1.29 is 0 Å². The Balaban J connectivity index is 1.58. The molecule has 0 radical (unpaired) electrons. The molecule has 1 aromatic carbocycles. The van der Waals surface area contributed by atoms with Crippen LogP contribution in [0.5, 0.6) is 0 Å². The first-order valence-electron chi connectivity index (χ1n) is 7.26. The van der Waals surface area contributed by atoms with Gasteiger partial charge in [0.25, 0.3) is 0 Å². The zero-order valence-electron chi connectivity index (χ0n) is 11.7. The Morgan fingerprint density at radius 2 is 1.95 bits per heavy atom. The summed E-state index contributed by atoms with van der Waals surface area (Å²) in [6, 6.07) is 11.3. The lowest BCUT2D eigenvalue weighted by Crippen LogP contribution is -2.35. The maximum Gasteiger partial charge on any atom is 0.157 e. The van der Waals surface area contributed by atoms with Gasteiger partial charge < -0.3 is 5.32 Å². The second-order valence-electron chi connectivity index (χ2n) is 5.83. The van der Waals surface area contributed by atoms with E-state index in [4.69, 9.17) is 0 Å². The Morgan fingerprint density at radius 1 is 1.16 bits per heavy atom. The molecule has 19 heavy (non-hydrogen) atoms. The van der Waals surface area contributed by atoms with E-state index in [9.17, 15) is 0 Å². The largest absolute Gasteiger partial charge is 0.362 e. The molecule has 2 nitrogen and oxygen atoms in total. The van der Waals surface area contributed by atoms with Gasteiger partial charge in [-0.25, -0.2) is 0 Å². The van der Waals surface area contributed by atoms with Crippen molar-refractivity contribution in [3.05, 3.63) is 35.9 Å². The van der Waals surface area contributed by atoms with Gasteiger partial charge in [-0.15, -0.1) is 0 Å². The molecule has 2 aliphatic rings. The molecular weight excluding hydrogens is 252 g/mol. The first-order chi connectivity index (χ1) is 9.24. The Kier molecular flexibility index (Phi) is 3.83. The molecule has 4 unspecified atom stereocenters. The van der Waals surface area contributed by atoms with Crippen LogP contribution in [0.3, 0.4) is 0 Å². The molecular formula is C16H22N2S. The van der Waals surface area contributed by atoms with Gasteiger partial charge in [-0.05, 0) is 30.2 Å². The highest BCUT2D eigenvalue weighted by Gasteiger charge is 2.32. The minimum absolute atomic E-state index is 0.498. The zero-order valence-corrected chi connectivity index (χ0v) is 12.5. The van der Waals surface area contributed by atoms with Gasteiger partial charge in [0.2, 0.25) is 0 Å². The Hall–Kier alpha value is -0.960. The summed E-state index contributed by atoms with van der Waals surface area (Å²) in [7, 11) is 0. The van der Waals surface area contributed by atoms with Gasteiger partial charge in [0.05, 0.1) is 11.8 Å². The fourth-order valence-corrected chi connectivity index (χ4v) is 4.10. The van der Waals surface area contributed by atoms with Crippen LogP contribution in [0.25, 0.3) is 0 Å². The summed E-state index contributed by atoms with van der Waals surface area (Å²) in [5.41, 5.74) is 1.39. The highest BCUT2D eigenvalue weighted by molar-refractivity contribution is 8.14. The van der Waals surface area contributed by atoms with Crippen LogP contribution < -0.4 is 5.32 Å². The summed E-state index contributed by atoms with van der Waals surface area (Å²) >= 11 is 1.89. The lowest BCUT2D eigenvalue weighted by molar-refractivity contribution is 0.404. The van der Waals surface area contributed by atoms with Crippen molar-refractivity contribution in [3.8, 4) is 0 Å². The van der Waals surface area contributed by atoms with E-state index in [0.29, 0.717) is 11.3 Å². The predicted octanol–water partition coefficient (Wildman–Crippen LogP) is 3.85. The van der Waals surface area contributed by atoms with Gasteiger partial charge in [-0.3, -0.25) is 4.99 Å². The van der Waals surface area contributed by atoms with E-state index in [-0.39, 0.29) is 0 Å². The van der Waals surface area contributed by atoms with Crippen LogP contribution in [0.2, 0.25) is 0 Å². The van der Waals surface area contributed by atoms with Crippen molar-refractivity contribution in [2.45, 2.75) is 38.0 Å². The van der Waals surface area contributed by atoms with E-state index < -0.39 is 0 Å². The van der Waals surface area contributed by atoms with E-state index in [2.05, 4.69) is 54.5 Å². The molecule has 1 heterocycles. The quantitative estimate of drug-likeness (QED) is 0.885. The smallest absolute Gasteiger partial charge is 0.157 e. The first kappa shape index (κ1) is 13.0. The molecule has 1 fully saturated rings. The number of aliphatic imine (C=N–C) groups is 1. The molecule has 4 atom stereocenters. The minimum atomic E-state index is 0.498. The van der Waals surface area contributed by atoms with Crippen LogP contribution >= 0.6 is 11.8 Å². The molecule has 1 aromatic rings. The zero-order chi connectivity index (χ0) is 13.2. The van der Waals surface area contributed by atoms with Crippen LogP contribution in [0.4, 0.5) is 0 Å². The Labute approximate surface area is 120 Å². The number of hydrogen-bond acceptors (Lipinski definition) is 3. The fraction of sp³-hybridized carbons (Fsp3) is 0.562. The van der Waals surface area contributed by atoms with Crippen LogP contribution in [-0.2, 0) is 0 Å². The number of benzene rings is 1. The summed E-state index contributed by atoms with van der Waals surface area (Å²) < 4.78 is 0. The van der Waals surface area contributed by atoms with E-state index in [1.54, 1.807) is 0 Å². The molecule has 0 bridgehead atoms. The second kappa shape index (κ2) is 5.58. The van der Waals surface area contributed by atoms with Gasteiger partial charge in [0.15, 0.2) is 5.17 Å². The van der Waals surface area contributed by atoms with Crippen molar-refractivity contribution in [3.63, 3.8) is 0 Å². The molecule has 1 aliphatic carbocycles. The summed E-state index contributed by atoms with van der Waals surface area (Å²) in [6.07, 6.45) is 2.64. The van der Waals surface area contributed by atoms with E-state index in [1.165, 1.54) is 18.4 Å². The third-order valence-corrected chi connectivity index (χ3v) is 5.78. The van der Waals surface area contributed by atoms with Crippen molar-refractivity contribution in [1.29, 1.82) is 0 Å². The lowest BCUT2D eigenvalue weighted by Gasteiger charge is -2.20. The van der Waals surface area contributed by atoms with Crippen LogP contribution in [0.1, 0.15) is 37.5 Å². The van der Waals surface area contributed by atoms with Gasteiger partial charge >= 0.3 is 0 Å². The Bertz CT molecular complexity index is 457. The maximum absolute atomic E-state index is 4.68. The van der Waals surface area contributed by atoms with Gasteiger partial charge in [0, 0.05) is 6.04 Å². The number of hydrogen-bond donors (Lipinski definition) is 1. The SMILES string of the molecule is CC1CCC(NC2=NCC(c3ccccc3)S2)C1C. The van der Waals surface area contributed by atoms with Crippen molar-refractivity contribution in [2.75, 3.05) is 6.54 Å². The summed E-state index contributed by atoms with van der Waals surface area (Å²) in [4.78, 5) is 4.68. The van der Waals surface area contributed by atoms with Crippen molar-refractivity contribution >= 4 is 16.9 Å². The molecule has 1 N–H and O–H groups in total. The standard InChI is InChI=1S/C16H22N2S/c1-11-8-9-14(12(11)2)18-16-17-10-15(19-16)13-6-4-3-5-7-13/h3-7,11-12,14-15H,8-10H2,1-2H3,(H,17,18). The second-order valence-corrected chi connectivity index (χ2v) is 7.02. The summed E-state index contributed by atoms with van der Waals surface area (Å²) in [6.45, 7) is 5.64. The van der Waals surface area contributed by atoms with Crippen molar-refractivity contribution in [1.82, 2.24) is 5.32 Å². The van der Waals surface area contributed by atoms with Crippen LogP contribution in [0, 0.1) is 11.8 Å². The first-order valence-corrected chi connectivity index (χ1v) is 8.14. The molecule has 0 spiro atoms. The number of nitrogens with one attached hydrogen (secondary N) is 1. The molecule has 0 aromatic heterocycles. The molecule has 3 rings (SSSR count). The third kappa shape index (κ3) is 2.81. The summed E-state index contributed by atoms with van der Waals surface area (Å²) in [5.74, 6) is 1.61. The molecule has 102 valence electrons. The molecule has 0 amide bonds. The summed E-state index contributed by atoms with van der Waals surface area (Å²) in [5, 5.41) is 5.32. The van der Waals surface area contributed by atoms with Crippen LogP contribution in [0.15, 0.2) is 35.3 Å². The lowest BCUT2D eigenvalue weighted by atomic mass is 9.98. The normalized spacial score (nSPS) is 34.3. The number of rotatable bonds is 2. The third-order valence-electron chi connectivity index (χ3n) is 4.60. The van der Waals surface area contributed by atoms with Crippen LogP contribution in [-0.4, -0.2) is 17.8 Å². The monoisotopic (exact) mass is 274 g/mol. The number of amidine groups is 1. The molecule has 0 saturated heterocycles. The maximum atomic E-state index is 4.68. The predicted molar refractivity (Wildman–Crippen MR) is 83.6 cm³/mol. The highest BCUT2D eigenvalue weighted by Crippen LogP contribution is 2.36. The molecule has 1 aliphatic heterocycles. The average Bonchev–Trinajstić information content (AvgIpc) is 3.02. The van der Waals surface area contributed by atoms with Gasteiger partial charge in [-0.2, -0.15) is 0 Å². The fourth-order valence-electron chi connectivity index (χ4n) is 3.02. The van der Waals surface area contributed by atoms with E-state index in [1.807, 2.05) is 11.8 Å².